The second-order valence-corrected chi connectivity index (χ2v) is 4.57. The summed E-state index contributed by atoms with van der Waals surface area (Å²) in [7, 11) is 3.88. The van der Waals surface area contributed by atoms with E-state index in [1.807, 2.05) is 31.1 Å². The molecule has 1 amide bonds. The SMILES string of the molecule is CN(C)c1ccc(N)c(C(=O)N2CCOCC2)c1. The van der Waals surface area contributed by atoms with Crippen molar-refractivity contribution in [3.05, 3.63) is 23.8 Å². The van der Waals surface area contributed by atoms with Gasteiger partial charge in [0.05, 0.1) is 18.8 Å². The summed E-state index contributed by atoms with van der Waals surface area (Å²) in [6.45, 7) is 2.45. The molecule has 1 heterocycles. The molecule has 1 saturated heterocycles. The number of rotatable bonds is 2. The van der Waals surface area contributed by atoms with Crippen molar-refractivity contribution in [2.24, 2.45) is 0 Å². The molecule has 5 heteroatoms. The number of morpholine rings is 1. The van der Waals surface area contributed by atoms with E-state index >= 15 is 0 Å². The van der Waals surface area contributed by atoms with Crippen molar-refractivity contribution in [2.75, 3.05) is 51.0 Å². The number of nitrogen functional groups attached to an aromatic ring is 1. The Balaban J connectivity index is 2.25. The first-order chi connectivity index (χ1) is 8.59. The number of benzene rings is 1. The lowest BCUT2D eigenvalue weighted by Gasteiger charge is -2.27. The Morgan fingerprint density at radius 3 is 2.61 bits per heavy atom. The van der Waals surface area contributed by atoms with E-state index in [0.29, 0.717) is 37.6 Å². The van der Waals surface area contributed by atoms with Crippen LogP contribution in [0.25, 0.3) is 0 Å². The Morgan fingerprint density at radius 1 is 1.33 bits per heavy atom. The summed E-state index contributed by atoms with van der Waals surface area (Å²) in [5.74, 6) is -0.0144. The average molecular weight is 249 g/mol. The van der Waals surface area contributed by atoms with Crippen LogP contribution < -0.4 is 10.6 Å². The summed E-state index contributed by atoms with van der Waals surface area (Å²) in [5, 5.41) is 0. The summed E-state index contributed by atoms with van der Waals surface area (Å²) >= 11 is 0. The van der Waals surface area contributed by atoms with Gasteiger partial charge in [-0.3, -0.25) is 4.79 Å². The number of hydrogen-bond acceptors (Lipinski definition) is 4. The van der Waals surface area contributed by atoms with Crippen molar-refractivity contribution >= 4 is 17.3 Å². The zero-order valence-electron chi connectivity index (χ0n) is 10.8. The first-order valence-electron chi connectivity index (χ1n) is 6.03. The lowest BCUT2D eigenvalue weighted by atomic mass is 10.1. The molecule has 0 saturated carbocycles. The van der Waals surface area contributed by atoms with Gasteiger partial charge in [-0.25, -0.2) is 0 Å². The van der Waals surface area contributed by atoms with Gasteiger partial charge in [0, 0.05) is 38.6 Å². The van der Waals surface area contributed by atoms with Crippen LogP contribution in [0.4, 0.5) is 11.4 Å². The molecule has 0 aromatic heterocycles. The van der Waals surface area contributed by atoms with E-state index in [-0.39, 0.29) is 5.91 Å². The molecule has 0 spiro atoms. The molecule has 1 aromatic carbocycles. The van der Waals surface area contributed by atoms with E-state index < -0.39 is 0 Å². The number of carbonyl (C=O) groups is 1. The van der Waals surface area contributed by atoms with Crippen LogP contribution in [-0.4, -0.2) is 51.2 Å². The van der Waals surface area contributed by atoms with E-state index in [9.17, 15) is 4.79 Å². The van der Waals surface area contributed by atoms with Crippen molar-refractivity contribution in [3.63, 3.8) is 0 Å². The molecular formula is C13H19N3O2. The van der Waals surface area contributed by atoms with Gasteiger partial charge in [-0.05, 0) is 18.2 Å². The smallest absolute Gasteiger partial charge is 0.256 e. The summed E-state index contributed by atoms with van der Waals surface area (Å²) in [6, 6.07) is 5.53. The van der Waals surface area contributed by atoms with Gasteiger partial charge in [0.15, 0.2) is 0 Å². The van der Waals surface area contributed by atoms with E-state index in [4.69, 9.17) is 10.5 Å². The molecule has 18 heavy (non-hydrogen) atoms. The van der Waals surface area contributed by atoms with E-state index in [0.717, 1.165) is 5.69 Å². The second kappa shape index (κ2) is 5.27. The lowest BCUT2D eigenvalue weighted by molar-refractivity contribution is 0.0303. The van der Waals surface area contributed by atoms with Gasteiger partial charge in [-0.1, -0.05) is 0 Å². The predicted molar refractivity (Wildman–Crippen MR) is 71.9 cm³/mol. The van der Waals surface area contributed by atoms with E-state index in [1.54, 1.807) is 11.0 Å². The topological polar surface area (TPSA) is 58.8 Å². The number of nitrogens with zero attached hydrogens (tertiary/aromatic N) is 2. The molecule has 1 aromatic rings. The first kappa shape index (κ1) is 12.7. The first-order valence-corrected chi connectivity index (χ1v) is 6.03. The quantitative estimate of drug-likeness (QED) is 0.788. The third kappa shape index (κ3) is 2.56. The number of ether oxygens (including phenoxy) is 1. The summed E-state index contributed by atoms with van der Waals surface area (Å²) in [5.41, 5.74) is 7.97. The maximum atomic E-state index is 12.4. The molecule has 0 unspecified atom stereocenters. The minimum absolute atomic E-state index is 0.0144. The molecule has 1 aliphatic heterocycles. The molecule has 2 rings (SSSR count). The molecule has 0 atom stereocenters. The summed E-state index contributed by atoms with van der Waals surface area (Å²) < 4.78 is 5.24. The average Bonchev–Trinajstić information content (AvgIpc) is 2.39. The number of hydrogen-bond donors (Lipinski definition) is 1. The monoisotopic (exact) mass is 249 g/mol. The van der Waals surface area contributed by atoms with Gasteiger partial charge < -0.3 is 20.3 Å². The fraction of sp³-hybridized carbons (Fsp3) is 0.462. The number of anilines is 2. The van der Waals surface area contributed by atoms with Crippen molar-refractivity contribution in [1.82, 2.24) is 4.90 Å². The Kier molecular flexibility index (Phi) is 3.72. The highest BCUT2D eigenvalue weighted by Gasteiger charge is 2.20. The van der Waals surface area contributed by atoms with Crippen LogP contribution in [0.3, 0.4) is 0 Å². The predicted octanol–water partition coefficient (Wildman–Crippen LogP) is 0.807. The van der Waals surface area contributed by atoms with Crippen molar-refractivity contribution < 1.29 is 9.53 Å². The molecule has 0 bridgehead atoms. The lowest BCUT2D eigenvalue weighted by Crippen LogP contribution is -2.41. The van der Waals surface area contributed by atoms with Gasteiger partial charge in [0.1, 0.15) is 0 Å². The number of amides is 1. The van der Waals surface area contributed by atoms with Crippen LogP contribution in [-0.2, 0) is 4.74 Å². The highest BCUT2D eigenvalue weighted by atomic mass is 16.5. The largest absolute Gasteiger partial charge is 0.398 e. The van der Waals surface area contributed by atoms with Gasteiger partial charge in [0.2, 0.25) is 0 Å². The van der Waals surface area contributed by atoms with Gasteiger partial charge in [0.25, 0.3) is 5.91 Å². The van der Waals surface area contributed by atoms with E-state index in [1.165, 1.54) is 0 Å². The molecule has 2 N–H and O–H groups in total. The highest BCUT2D eigenvalue weighted by molar-refractivity contribution is 6.00. The minimum Gasteiger partial charge on any atom is -0.398 e. The molecule has 1 fully saturated rings. The Morgan fingerprint density at radius 2 is 2.00 bits per heavy atom. The maximum absolute atomic E-state index is 12.4. The Labute approximate surface area is 107 Å². The summed E-state index contributed by atoms with van der Waals surface area (Å²) in [4.78, 5) is 16.1. The minimum atomic E-state index is -0.0144. The van der Waals surface area contributed by atoms with Crippen LogP contribution in [0, 0.1) is 0 Å². The number of carbonyl (C=O) groups excluding carboxylic acids is 1. The molecular weight excluding hydrogens is 230 g/mol. The van der Waals surface area contributed by atoms with Crippen LogP contribution in [0.15, 0.2) is 18.2 Å². The van der Waals surface area contributed by atoms with E-state index in [2.05, 4.69) is 0 Å². The van der Waals surface area contributed by atoms with Crippen LogP contribution in [0.5, 0.6) is 0 Å². The molecule has 0 radical (unpaired) electrons. The zero-order chi connectivity index (χ0) is 13.1. The Bertz CT molecular complexity index is 440. The van der Waals surface area contributed by atoms with Gasteiger partial charge in [-0.2, -0.15) is 0 Å². The Hall–Kier alpha value is -1.75. The number of nitrogens with two attached hydrogens (primary N) is 1. The standard InChI is InChI=1S/C13H19N3O2/c1-15(2)10-3-4-12(14)11(9-10)13(17)16-5-7-18-8-6-16/h3-4,9H,5-8,14H2,1-2H3. The summed E-state index contributed by atoms with van der Waals surface area (Å²) in [6.07, 6.45) is 0. The van der Waals surface area contributed by atoms with Crippen LogP contribution in [0.2, 0.25) is 0 Å². The van der Waals surface area contributed by atoms with Crippen LogP contribution in [0.1, 0.15) is 10.4 Å². The van der Waals surface area contributed by atoms with Crippen molar-refractivity contribution in [1.29, 1.82) is 0 Å². The maximum Gasteiger partial charge on any atom is 0.256 e. The van der Waals surface area contributed by atoms with Gasteiger partial charge >= 0.3 is 0 Å². The van der Waals surface area contributed by atoms with Crippen molar-refractivity contribution in [2.45, 2.75) is 0 Å². The third-order valence-corrected chi connectivity index (χ3v) is 3.08. The fourth-order valence-corrected chi connectivity index (χ4v) is 1.94. The molecule has 1 aliphatic rings. The molecule has 5 nitrogen and oxygen atoms in total. The third-order valence-electron chi connectivity index (χ3n) is 3.08. The van der Waals surface area contributed by atoms with Crippen molar-refractivity contribution in [3.8, 4) is 0 Å². The normalized spacial score (nSPS) is 15.6. The van der Waals surface area contributed by atoms with Crippen LogP contribution >= 0.6 is 0 Å². The van der Waals surface area contributed by atoms with Gasteiger partial charge in [-0.15, -0.1) is 0 Å². The zero-order valence-corrected chi connectivity index (χ0v) is 10.8. The second-order valence-electron chi connectivity index (χ2n) is 4.57. The highest BCUT2D eigenvalue weighted by Crippen LogP contribution is 2.21. The molecule has 98 valence electrons. The fourth-order valence-electron chi connectivity index (χ4n) is 1.94. The molecule has 0 aliphatic carbocycles.